The third kappa shape index (κ3) is 6.01. The summed E-state index contributed by atoms with van der Waals surface area (Å²) in [6.45, 7) is 2.50. The highest BCUT2D eigenvalue weighted by molar-refractivity contribution is 7.89. The monoisotopic (exact) mass is 578 g/mol. The van der Waals surface area contributed by atoms with Crippen LogP contribution in [0.2, 0.25) is 0 Å². The summed E-state index contributed by atoms with van der Waals surface area (Å²) in [6.07, 6.45) is 6.45. The number of hydrogen-bond acceptors (Lipinski definition) is 7. The third-order valence-corrected chi connectivity index (χ3v) is 8.76. The molecule has 10 nitrogen and oxygen atoms in total. The molecule has 2 aromatic carbocycles. The van der Waals surface area contributed by atoms with Crippen LogP contribution in [0.3, 0.4) is 0 Å². The van der Waals surface area contributed by atoms with E-state index in [0.29, 0.717) is 18.2 Å². The van der Waals surface area contributed by atoms with Gasteiger partial charge in [0.05, 0.1) is 19.0 Å². The normalized spacial score (nSPS) is 22.0. The molecule has 11 heteroatoms. The van der Waals surface area contributed by atoms with E-state index in [1.165, 1.54) is 12.1 Å². The number of aryl methyl sites for hydroxylation is 1. The molecule has 2 N–H and O–H groups in total. The van der Waals surface area contributed by atoms with E-state index in [-0.39, 0.29) is 29.8 Å². The highest BCUT2D eigenvalue weighted by atomic mass is 32.2. The van der Waals surface area contributed by atoms with Crippen LogP contribution in [-0.2, 0) is 21.4 Å². The van der Waals surface area contributed by atoms with Gasteiger partial charge >= 0.3 is 6.03 Å². The van der Waals surface area contributed by atoms with Crippen molar-refractivity contribution in [2.75, 3.05) is 11.6 Å². The SMILES string of the molecule is Cc1ccccc1-c1noc(C2CC2)c1COC1CC2CCC(C1)N2C(=O)Nc1cccc(C(=O)NS(C)(=O)=O)c1. The van der Waals surface area contributed by atoms with Crippen molar-refractivity contribution < 1.29 is 27.3 Å². The number of aromatic nitrogens is 1. The van der Waals surface area contributed by atoms with Gasteiger partial charge < -0.3 is 19.5 Å². The Morgan fingerprint density at radius 1 is 1.05 bits per heavy atom. The van der Waals surface area contributed by atoms with Crippen molar-refractivity contribution in [3.63, 3.8) is 0 Å². The predicted octanol–water partition coefficient (Wildman–Crippen LogP) is 4.96. The molecule has 6 rings (SSSR count). The Hall–Kier alpha value is -3.70. The van der Waals surface area contributed by atoms with E-state index < -0.39 is 15.9 Å². The zero-order valence-electron chi connectivity index (χ0n) is 23.1. The summed E-state index contributed by atoms with van der Waals surface area (Å²) >= 11 is 0. The number of benzene rings is 2. The van der Waals surface area contributed by atoms with E-state index in [1.807, 2.05) is 21.8 Å². The van der Waals surface area contributed by atoms with Crippen LogP contribution >= 0.6 is 0 Å². The molecular weight excluding hydrogens is 544 g/mol. The number of sulfonamides is 1. The molecule has 2 atom stereocenters. The zero-order chi connectivity index (χ0) is 28.7. The summed E-state index contributed by atoms with van der Waals surface area (Å²) in [4.78, 5) is 27.4. The molecule has 1 aromatic heterocycles. The van der Waals surface area contributed by atoms with Gasteiger partial charge in [0.15, 0.2) is 0 Å². The fourth-order valence-corrected chi connectivity index (χ4v) is 6.58. The molecule has 1 saturated carbocycles. The van der Waals surface area contributed by atoms with E-state index in [2.05, 4.69) is 29.5 Å². The first-order chi connectivity index (χ1) is 19.7. The molecule has 3 fully saturated rings. The second-order valence-corrected chi connectivity index (χ2v) is 13.1. The zero-order valence-corrected chi connectivity index (χ0v) is 23.9. The minimum atomic E-state index is -3.69. The standard InChI is InChI=1S/C30H34N4O6S/c1-18-6-3-4-9-25(18)27-26(28(40-32-27)19-10-11-19)17-39-24-15-22-12-13-23(16-24)34(22)30(36)31-21-8-5-7-20(14-21)29(35)33-41(2,37)38/h3-9,14,19,22-24H,10-13,15-17H2,1-2H3,(H,31,36)(H,33,35). The molecule has 1 aliphatic carbocycles. The number of nitrogens with zero attached hydrogens (tertiary/aromatic N) is 2. The van der Waals surface area contributed by atoms with E-state index in [0.717, 1.165) is 72.9 Å². The number of hydrogen-bond donors (Lipinski definition) is 2. The highest BCUT2D eigenvalue weighted by Crippen LogP contribution is 2.45. The van der Waals surface area contributed by atoms with Gasteiger partial charge in [0, 0.05) is 40.4 Å². The number of rotatable bonds is 8. The molecule has 3 aromatic rings. The van der Waals surface area contributed by atoms with Crippen LogP contribution < -0.4 is 10.0 Å². The lowest BCUT2D eigenvalue weighted by Gasteiger charge is -2.38. The topological polar surface area (TPSA) is 131 Å². The number of anilines is 1. The smallest absolute Gasteiger partial charge is 0.322 e. The first kappa shape index (κ1) is 27.5. The molecule has 2 bridgehead atoms. The average Bonchev–Trinajstić information content (AvgIpc) is 3.62. The van der Waals surface area contributed by atoms with E-state index in [1.54, 1.807) is 12.1 Å². The van der Waals surface area contributed by atoms with Crippen molar-refractivity contribution in [1.29, 1.82) is 0 Å². The van der Waals surface area contributed by atoms with Crippen molar-refractivity contribution in [3.05, 3.63) is 71.0 Å². The molecule has 0 radical (unpaired) electrons. The molecule has 216 valence electrons. The molecule has 0 spiro atoms. The Kier molecular flexibility index (Phi) is 7.33. The van der Waals surface area contributed by atoms with Crippen LogP contribution in [0.1, 0.15) is 71.7 Å². The lowest BCUT2D eigenvalue weighted by molar-refractivity contribution is -0.0158. The molecule has 3 heterocycles. The van der Waals surface area contributed by atoms with Crippen LogP contribution in [0, 0.1) is 6.92 Å². The summed E-state index contributed by atoms with van der Waals surface area (Å²) < 4.78 is 37.1. The maximum Gasteiger partial charge on any atom is 0.322 e. The highest BCUT2D eigenvalue weighted by Gasteiger charge is 2.44. The maximum absolute atomic E-state index is 13.3. The summed E-state index contributed by atoms with van der Waals surface area (Å²) in [6, 6.07) is 14.3. The number of amides is 3. The van der Waals surface area contributed by atoms with Gasteiger partial charge in [-0.15, -0.1) is 0 Å². The number of carbonyl (C=O) groups excluding carboxylic acids is 2. The van der Waals surface area contributed by atoms with Crippen molar-refractivity contribution >= 4 is 27.6 Å². The number of piperidine rings is 1. The van der Waals surface area contributed by atoms with Crippen LogP contribution in [0.25, 0.3) is 11.3 Å². The molecule has 2 saturated heterocycles. The molecule has 2 aliphatic heterocycles. The van der Waals surface area contributed by atoms with Gasteiger partial charge in [0.2, 0.25) is 10.0 Å². The van der Waals surface area contributed by atoms with Crippen molar-refractivity contribution in [2.24, 2.45) is 0 Å². The number of carbonyl (C=O) groups is 2. The molecule has 3 amide bonds. The van der Waals surface area contributed by atoms with Crippen molar-refractivity contribution in [1.82, 2.24) is 14.8 Å². The van der Waals surface area contributed by atoms with Crippen LogP contribution in [0.15, 0.2) is 53.1 Å². The summed E-state index contributed by atoms with van der Waals surface area (Å²) in [5.74, 6) is 0.608. The van der Waals surface area contributed by atoms with Gasteiger partial charge in [0.1, 0.15) is 11.5 Å². The molecule has 41 heavy (non-hydrogen) atoms. The Morgan fingerprint density at radius 2 is 1.78 bits per heavy atom. The number of ether oxygens (including phenoxy) is 1. The van der Waals surface area contributed by atoms with E-state index in [9.17, 15) is 18.0 Å². The van der Waals surface area contributed by atoms with E-state index >= 15 is 0 Å². The van der Waals surface area contributed by atoms with Gasteiger partial charge in [-0.2, -0.15) is 0 Å². The van der Waals surface area contributed by atoms with Gasteiger partial charge in [0.25, 0.3) is 5.91 Å². The van der Waals surface area contributed by atoms with Crippen LogP contribution in [0.4, 0.5) is 10.5 Å². The fraction of sp³-hybridized carbons (Fsp3) is 0.433. The lowest BCUT2D eigenvalue weighted by atomic mass is 9.99. The first-order valence-corrected chi connectivity index (χ1v) is 15.9. The summed E-state index contributed by atoms with van der Waals surface area (Å²) in [5.41, 5.74) is 4.67. The Morgan fingerprint density at radius 3 is 2.46 bits per heavy atom. The fourth-order valence-electron chi connectivity index (χ4n) is 6.13. The Labute approximate surface area is 239 Å². The maximum atomic E-state index is 13.3. The molecule has 3 aliphatic rings. The van der Waals surface area contributed by atoms with E-state index in [4.69, 9.17) is 9.26 Å². The van der Waals surface area contributed by atoms with Crippen LogP contribution in [-0.4, -0.2) is 54.9 Å². The minimum Gasteiger partial charge on any atom is -0.373 e. The van der Waals surface area contributed by atoms with Crippen molar-refractivity contribution in [3.8, 4) is 11.3 Å². The average molecular weight is 579 g/mol. The van der Waals surface area contributed by atoms with Crippen molar-refractivity contribution in [2.45, 2.75) is 76.2 Å². The number of nitrogens with one attached hydrogen (secondary N) is 2. The number of fused-ring (bicyclic) bond motifs is 2. The van der Waals surface area contributed by atoms with Gasteiger partial charge in [-0.25, -0.2) is 17.9 Å². The Bertz CT molecular complexity index is 1570. The second-order valence-electron chi connectivity index (χ2n) is 11.4. The van der Waals surface area contributed by atoms with Gasteiger partial charge in [-0.3, -0.25) is 4.79 Å². The molecular formula is C30H34N4O6S. The quantitative estimate of drug-likeness (QED) is 0.386. The number of urea groups is 1. The first-order valence-electron chi connectivity index (χ1n) is 14.0. The predicted molar refractivity (Wildman–Crippen MR) is 153 cm³/mol. The summed E-state index contributed by atoms with van der Waals surface area (Å²) in [7, 11) is -3.69. The Balaban J connectivity index is 1.10. The largest absolute Gasteiger partial charge is 0.373 e. The van der Waals surface area contributed by atoms with Gasteiger partial charge in [-0.1, -0.05) is 35.5 Å². The molecule has 2 unspecified atom stereocenters. The van der Waals surface area contributed by atoms with Crippen LogP contribution in [0.5, 0.6) is 0 Å². The third-order valence-electron chi connectivity index (χ3n) is 8.21. The minimum absolute atomic E-state index is 0.0197. The van der Waals surface area contributed by atoms with Gasteiger partial charge in [-0.05, 0) is 69.2 Å². The second kappa shape index (κ2) is 10.9. The lowest BCUT2D eigenvalue weighted by Crippen LogP contribution is -2.50. The summed E-state index contributed by atoms with van der Waals surface area (Å²) in [5, 5.41) is 7.35.